The van der Waals surface area contributed by atoms with E-state index in [9.17, 15) is 4.79 Å². The molecule has 0 aliphatic rings. The van der Waals surface area contributed by atoms with Crippen molar-refractivity contribution in [2.75, 3.05) is 18.4 Å². The summed E-state index contributed by atoms with van der Waals surface area (Å²) in [7, 11) is 0. The highest BCUT2D eigenvalue weighted by atomic mass is 35.5. The van der Waals surface area contributed by atoms with Crippen molar-refractivity contribution in [1.29, 1.82) is 5.26 Å². The molecule has 0 aromatic heterocycles. The zero-order chi connectivity index (χ0) is 11.1. The van der Waals surface area contributed by atoms with Crippen LogP contribution in [0.5, 0.6) is 0 Å². The molecule has 0 atom stereocenters. The average Bonchev–Trinajstić information content (AvgIpc) is 2.23. The normalized spacial score (nSPS) is 9.07. The quantitative estimate of drug-likeness (QED) is 0.759. The van der Waals surface area contributed by atoms with Crippen molar-refractivity contribution in [3.05, 3.63) is 29.3 Å². The van der Waals surface area contributed by atoms with Crippen LogP contribution in [0.1, 0.15) is 0 Å². The van der Waals surface area contributed by atoms with Crippen LogP contribution in [0.4, 0.5) is 5.69 Å². The van der Waals surface area contributed by atoms with Crippen molar-refractivity contribution < 1.29 is 4.79 Å². The molecule has 15 heavy (non-hydrogen) atoms. The number of rotatable bonds is 4. The highest BCUT2D eigenvalue weighted by molar-refractivity contribution is 6.30. The van der Waals surface area contributed by atoms with E-state index in [-0.39, 0.29) is 19.0 Å². The number of carbonyl (C=O) groups excluding carboxylic acids is 1. The molecule has 0 spiro atoms. The average molecular weight is 224 g/mol. The highest BCUT2D eigenvalue weighted by Crippen LogP contribution is 2.14. The van der Waals surface area contributed by atoms with Crippen molar-refractivity contribution in [3.63, 3.8) is 0 Å². The summed E-state index contributed by atoms with van der Waals surface area (Å²) in [5, 5.41) is 14.2. The number of hydrogen-bond acceptors (Lipinski definition) is 3. The molecule has 0 bridgehead atoms. The molecule has 0 heterocycles. The van der Waals surface area contributed by atoms with E-state index in [1.54, 1.807) is 18.2 Å². The molecule has 0 saturated carbocycles. The second-order valence-electron chi connectivity index (χ2n) is 2.80. The molecule has 1 aromatic carbocycles. The summed E-state index contributed by atoms with van der Waals surface area (Å²) in [6, 6.07) is 8.90. The Morgan fingerprint density at radius 3 is 3.00 bits per heavy atom. The lowest BCUT2D eigenvalue weighted by molar-refractivity contribution is -0.119. The molecule has 0 aliphatic heterocycles. The minimum absolute atomic E-state index is 0.0239. The maximum absolute atomic E-state index is 11.1. The Morgan fingerprint density at radius 1 is 1.53 bits per heavy atom. The number of anilines is 1. The van der Waals surface area contributed by atoms with Gasteiger partial charge in [0.2, 0.25) is 5.91 Å². The molecule has 78 valence electrons. The van der Waals surface area contributed by atoms with Gasteiger partial charge in [-0.25, -0.2) is 0 Å². The molecule has 0 aliphatic carbocycles. The van der Waals surface area contributed by atoms with Gasteiger partial charge in [0, 0.05) is 10.7 Å². The van der Waals surface area contributed by atoms with Crippen molar-refractivity contribution in [3.8, 4) is 6.07 Å². The Labute approximate surface area is 92.8 Å². The zero-order valence-electron chi connectivity index (χ0n) is 7.96. The van der Waals surface area contributed by atoms with E-state index >= 15 is 0 Å². The number of halogens is 1. The Morgan fingerprint density at radius 2 is 2.33 bits per heavy atom. The van der Waals surface area contributed by atoms with Crippen molar-refractivity contribution >= 4 is 23.2 Å². The molecule has 1 aromatic rings. The molecule has 4 nitrogen and oxygen atoms in total. The number of carbonyl (C=O) groups is 1. The van der Waals surface area contributed by atoms with Gasteiger partial charge in [-0.15, -0.1) is 0 Å². The topological polar surface area (TPSA) is 64.9 Å². The van der Waals surface area contributed by atoms with E-state index in [0.29, 0.717) is 5.02 Å². The largest absolute Gasteiger partial charge is 0.376 e. The number of amides is 1. The molecule has 1 amide bonds. The summed E-state index contributed by atoms with van der Waals surface area (Å²) in [6.45, 7) is 0.151. The third-order valence-corrected chi connectivity index (χ3v) is 1.88. The third-order valence-electron chi connectivity index (χ3n) is 1.64. The first kappa shape index (κ1) is 11.3. The highest BCUT2D eigenvalue weighted by Gasteiger charge is 1.99. The zero-order valence-corrected chi connectivity index (χ0v) is 8.71. The lowest BCUT2D eigenvalue weighted by Gasteiger charge is -2.05. The van der Waals surface area contributed by atoms with Gasteiger partial charge in [-0.1, -0.05) is 17.7 Å². The number of benzene rings is 1. The van der Waals surface area contributed by atoms with E-state index in [2.05, 4.69) is 10.6 Å². The van der Waals surface area contributed by atoms with Crippen LogP contribution in [0.15, 0.2) is 24.3 Å². The van der Waals surface area contributed by atoms with Crippen LogP contribution in [0.25, 0.3) is 0 Å². The second-order valence-corrected chi connectivity index (χ2v) is 3.24. The predicted octanol–water partition coefficient (Wildman–Crippen LogP) is 1.39. The number of nitrogens with one attached hydrogen (secondary N) is 2. The van der Waals surface area contributed by atoms with Gasteiger partial charge in [0.25, 0.3) is 0 Å². The van der Waals surface area contributed by atoms with Gasteiger partial charge in [0.05, 0.1) is 12.6 Å². The molecule has 1 rings (SSSR count). The summed E-state index contributed by atoms with van der Waals surface area (Å²) in [5.74, 6) is -0.225. The summed E-state index contributed by atoms with van der Waals surface area (Å²) in [4.78, 5) is 11.1. The molecule has 0 unspecified atom stereocenters. The predicted molar refractivity (Wildman–Crippen MR) is 58.6 cm³/mol. The van der Waals surface area contributed by atoms with E-state index in [4.69, 9.17) is 16.9 Å². The minimum atomic E-state index is -0.225. The van der Waals surface area contributed by atoms with Crippen molar-refractivity contribution in [2.24, 2.45) is 0 Å². The first-order chi connectivity index (χ1) is 7.22. The fourth-order valence-corrected chi connectivity index (χ4v) is 1.17. The van der Waals surface area contributed by atoms with Crippen LogP contribution in [-0.2, 0) is 4.79 Å². The van der Waals surface area contributed by atoms with E-state index in [0.717, 1.165) is 5.69 Å². The maximum Gasteiger partial charge on any atom is 0.240 e. The summed E-state index contributed by atoms with van der Waals surface area (Å²) in [6.07, 6.45) is 0. The molecule has 0 saturated heterocycles. The second kappa shape index (κ2) is 5.89. The minimum Gasteiger partial charge on any atom is -0.376 e. The van der Waals surface area contributed by atoms with Gasteiger partial charge in [-0.05, 0) is 18.2 Å². The first-order valence-corrected chi connectivity index (χ1v) is 4.73. The molecule has 0 fully saturated rings. The van der Waals surface area contributed by atoms with Gasteiger partial charge >= 0.3 is 0 Å². The van der Waals surface area contributed by atoms with Crippen molar-refractivity contribution in [1.82, 2.24) is 5.32 Å². The Balaban J connectivity index is 2.37. The Bertz CT molecular complexity index is 386. The molecule has 5 heteroatoms. The van der Waals surface area contributed by atoms with Gasteiger partial charge in [0.1, 0.15) is 6.54 Å². The first-order valence-electron chi connectivity index (χ1n) is 4.35. The smallest absolute Gasteiger partial charge is 0.240 e. The van der Waals surface area contributed by atoms with Gasteiger partial charge in [-0.3, -0.25) is 4.79 Å². The standard InChI is InChI=1S/C10H10ClN3O/c11-8-2-1-3-9(6-8)14-7-10(15)13-5-4-12/h1-3,6,14H,5,7H2,(H,13,15). The summed E-state index contributed by atoms with van der Waals surface area (Å²) < 4.78 is 0. The van der Waals surface area contributed by atoms with E-state index < -0.39 is 0 Å². The lowest BCUT2D eigenvalue weighted by Crippen LogP contribution is -2.29. The Hall–Kier alpha value is -1.73. The molecular weight excluding hydrogens is 214 g/mol. The van der Waals surface area contributed by atoms with E-state index in [1.165, 1.54) is 0 Å². The SMILES string of the molecule is N#CCNC(=O)CNc1cccc(Cl)c1. The van der Waals surface area contributed by atoms with Crippen molar-refractivity contribution in [2.45, 2.75) is 0 Å². The molecular formula is C10H10ClN3O. The maximum atomic E-state index is 11.1. The van der Waals surface area contributed by atoms with Crippen LogP contribution in [0.2, 0.25) is 5.02 Å². The monoisotopic (exact) mass is 223 g/mol. The summed E-state index contributed by atoms with van der Waals surface area (Å²) >= 11 is 5.76. The van der Waals surface area contributed by atoms with Crippen LogP contribution in [0.3, 0.4) is 0 Å². The number of nitriles is 1. The lowest BCUT2D eigenvalue weighted by atomic mass is 10.3. The molecule has 0 radical (unpaired) electrons. The fraction of sp³-hybridized carbons (Fsp3) is 0.200. The number of hydrogen-bond donors (Lipinski definition) is 2. The fourth-order valence-electron chi connectivity index (χ4n) is 0.981. The third kappa shape index (κ3) is 4.34. The Kier molecular flexibility index (Phi) is 4.45. The van der Waals surface area contributed by atoms with Crippen LogP contribution in [0, 0.1) is 11.3 Å². The number of nitrogens with zero attached hydrogens (tertiary/aromatic N) is 1. The molecule has 2 N–H and O–H groups in total. The van der Waals surface area contributed by atoms with Crippen LogP contribution in [-0.4, -0.2) is 19.0 Å². The summed E-state index contributed by atoms with van der Waals surface area (Å²) in [5.41, 5.74) is 0.773. The van der Waals surface area contributed by atoms with Crippen LogP contribution < -0.4 is 10.6 Å². The van der Waals surface area contributed by atoms with Crippen LogP contribution >= 0.6 is 11.6 Å². The van der Waals surface area contributed by atoms with Gasteiger partial charge in [-0.2, -0.15) is 5.26 Å². The van der Waals surface area contributed by atoms with E-state index in [1.807, 2.05) is 12.1 Å². The van der Waals surface area contributed by atoms with Gasteiger partial charge < -0.3 is 10.6 Å². The van der Waals surface area contributed by atoms with Gasteiger partial charge in [0.15, 0.2) is 0 Å².